The number of nitrogens with zero attached hydrogens (tertiary/aromatic N) is 3. The summed E-state index contributed by atoms with van der Waals surface area (Å²) in [5.74, 6) is 0.685. The first kappa shape index (κ1) is 25.7. The van der Waals surface area contributed by atoms with Crippen LogP contribution in [0.3, 0.4) is 0 Å². The Morgan fingerprint density at radius 2 is 1.71 bits per heavy atom. The molecule has 6 aliphatic carbocycles. The Kier molecular flexibility index (Phi) is 5.62. The molecule has 2 aromatic heterocycles. The number of oxazole rings is 2. The number of rotatable bonds is 10. The van der Waals surface area contributed by atoms with Crippen molar-refractivity contribution in [1.29, 1.82) is 0 Å². The zero-order valence-electron chi connectivity index (χ0n) is 23.4. The van der Waals surface area contributed by atoms with Crippen molar-refractivity contribution < 1.29 is 22.4 Å². The molecule has 0 spiro atoms. The van der Waals surface area contributed by atoms with Crippen LogP contribution in [0.2, 0.25) is 0 Å². The fourth-order valence-electron chi connectivity index (χ4n) is 7.95. The van der Waals surface area contributed by atoms with Gasteiger partial charge in [0.25, 0.3) is 0 Å². The summed E-state index contributed by atoms with van der Waals surface area (Å²) in [6.45, 7) is 1.05. The fraction of sp³-hybridized carbons (Fsp3) is 0.606. The number of anilines is 1. The van der Waals surface area contributed by atoms with Crippen molar-refractivity contribution in [2.45, 2.75) is 100 Å². The average Bonchev–Trinajstić information content (AvgIpc) is 3.91. The molecule has 0 unspecified atom stereocenters. The van der Waals surface area contributed by atoms with E-state index in [0.717, 1.165) is 98.7 Å². The van der Waals surface area contributed by atoms with E-state index in [1.54, 1.807) is 6.20 Å². The number of aldehydes is 1. The molecule has 6 aliphatic rings. The van der Waals surface area contributed by atoms with Gasteiger partial charge in [-0.25, -0.2) is 18.7 Å². The Bertz CT molecular complexity index is 1440. The van der Waals surface area contributed by atoms with Crippen molar-refractivity contribution in [3.63, 3.8) is 0 Å². The van der Waals surface area contributed by atoms with Crippen LogP contribution in [0.1, 0.15) is 106 Å². The van der Waals surface area contributed by atoms with E-state index in [1.165, 1.54) is 12.8 Å². The molecule has 0 atom stereocenters. The van der Waals surface area contributed by atoms with Gasteiger partial charge in [0.2, 0.25) is 5.92 Å². The number of benzene rings is 1. The van der Waals surface area contributed by atoms with Crippen LogP contribution in [0, 0.1) is 10.8 Å². The Hall–Kier alpha value is -3.03. The van der Waals surface area contributed by atoms with E-state index in [1.807, 2.05) is 24.5 Å². The normalized spacial score (nSPS) is 29.7. The second-order valence-corrected chi connectivity index (χ2v) is 14.1. The van der Waals surface area contributed by atoms with Gasteiger partial charge in [0.15, 0.2) is 17.5 Å². The zero-order valence-corrected chi connectivity index (χ0v) is 23.4. The Morgan fingerprint density at radius 3 is 2.37 bits per heavy atom. The first-order valence-corrected chi connectivity index (χ1v) is 15.4. The van der Waals surface area contributed by atoms with E-state index < -0.39 is 11.3 Å². The number of aromatic nitrogens is 2. The minimum atomic E-state index is -2.77. The smallest absolute Gasteiger partial charge is 0.250 e. The van der Waals surface area contributed by atoms with Crippen molar-refractivity contribution in [2.75, 3.05) is 18.0 Å². The summed E-state index contributed by atoms with van der Waals surface area (Å²) in [4.78, 5) is 23.9. The molecular formula is C33H37F2N3O3. The van der Waals surface area contributed by atoms with Crippen molar-refractivity contribution in [1.82, 2.24) is 9.97 Å². The highest BCUT2D eigenvalue weighted by Gasteiger charge is 2.58. The molecule has 2 heterocycles. The number of carbonyl (C=O) groups is 1. The van der Waals surface area contributed by atoms with E-state index in [0.29, 0.717) is 18.4 Å². The summed E-state index contributed by atoms with van der Waals surface area (Å²) >= 11 is 0. The number of hydrogen-bond donors (Lipinski definition) is 0. The fourth-order valence-corrected chi connectivity index (χ4v) is 7.95. The summed E-state index contributed by atoms with van der Waals surface area (Å²) in [5.41, 5.74) is 2.06. The molecule has 8 heteroatoms. The van der Waals surface area contributed by atoms with Crippen LogP contribution >= 0.6 is 0 Å². The van der Waals surface area contributed by atoms with Gasteiger partial charge in [0, 0.05) is 54.4 Å². The molecule has 0 saturated heterocycles. The lowest BCUT2D eigenvalue weighted by Gasteiger charge is -2.55. The molecule has 0 N–H and O–H groups in total. The van der Waals surface area contributed by atoms with E-state index in [4.69, 9.17) is 13.8 Å². The van der Waals surface area contributed by atoms with Gasteiger partial charge in [0.05, 0.1) is 17.3 Å². The van der Waals surface area contributed by atoms with Gasteiger partial charge in [-0.3, -0.25) is 0 Å². The highest BCUT2D eigenvalue weighted by molar-refractivity contribution is 5.67. The van der Waals surface area contributed by atoms with E-state index in [2.05, 4.69) is 16.0 Å². The topological polar surface area (TPSA) is 72.4 Å². The molecule has 6 fully saturated rings. The van der Waals surface area contributed by atoms with Crippen LogP contribution in [-0.2, 0) is 10.2 Å². The Morgan fingerprint density at radius 1 is 0.976 bits per heavy atom. The highest BCUT2D eigenvalue weighted by atomic mass is 19.3. The van der Waals surface area contributed by atoms with Crippen LogP contribution in [0.5, 0.6) is 0 Å². The van der Waals surface area contributed by atoms with Gasteiger partial charge in [-0.05, 0) is 81.8 Å². The summed E-state index contributed by atoms with van der Waals surface area (Å²) in [5, 5.41) is 0. The van der Waals surface area contributed by atoms with Gasteiger partial charge in [0.1, 0.15) is 12.5 Å². The van der Waals surface area contributed by atoms with Crippen molar-refractivity contribution in [3.8, 4) is 11.3 Å². The zero-order chi connectivity index (χ0) is 27.9. The Labute approximate surface area is 238 Å². The third kappa shape index (κ3) is 4.62. The van der Waals surface area contributed by atoms with Crippen molar-refractivity contribution >= 4 is 12.0 Å². The number of fused-ring (bicyclic) bond motifs is 3. The number of alkyl halides is 2. The van der Waals surface area contributed by atoms with E-state index in [9.17, 15) is 13.6 Å². The molecule has 41 heavy (non-hydrogen) atoms. The third-order valence-corrected chi connectivity index (χ3v) is 10.8. The lowest BCUT2D eigenvalue weighted by molar-refractivity contribution is -0.164. The molecule has 1 aromatic carbocycles. The van der Waals surface area contributed by atoms with Crippen molar-refractivity contribution in [3.05, 3.63) is 54.2 Å². The van der Waals surface area contributed by atoms with Crippen LogP contribution in [0.4, 0.5) is 14.5 Å². The van der Waals surface area contributed by atoms with Crippen LogP contribution in [0.25, 0.3) is 11.3 Å². The SMILES string of the molecule is O=CC1(CN(CC23CCC(c4nc(C5CC5)co4)(CC2)CC3)c2cccc(-c3cnc(C4CC4)o3)c2)CC(F)(F)C1. The van der Waals surface area contributed by atoms with Gasteiger partial charge in [-0.15, -0.1) is 0 Å². The summed E-state index contributed by atoms with van der Waals surface area (Å²) in [7, 11) is 0. The second kappa shape index (κ2) is 8.98. The molecule has 0 amide bonds. The van der Waals surface area contributed by atoms with Crippen LogP contribution in [0.15, 0.2) is 45.6 Å². The van der Waals surface area contributed by atoms with E-state index in [-0.39, 0.29) is 23.7 Å². The summed E-state index contributed by atoms with van der Waals surface area (Å²) in [6, 6.07) is 8.11. The molecule has 0 aliphatic heterocycles. The number of halogens is 2. The lowest BCUT2D eigenvalue weighted by atomic mass is 9.53. The summed E-state index contributed by atoms with van der Waals surface area (Å²) in [6.07, 6.45) is 14.6. The maximum Gasteiger partial charge on any atom is 0.250 e. The molecule has 3 aromatic rings. The first-order chi connectivity index (χ1) is 19.8. The molecule has 0 radical (unpaired) electrons. The lowest BCUT2D eigenvalue weighted by Crippen LogP contribution is -2.56. The third-order valence-electron chi connectivity index (χ3n) is 10.8. The molecule has 2 bridgehead atoms. The largest absolute Gasteiger partial charge is 0.448 e. The standard InChI is InChI=1S/C33H37F2N3O3/c34-33(35)17-31(18-33,21-39)20-38(25-3-1-2-24(14-25)27-15-36-28(41-27)23-6-7-23)19-30-8-11-32(12-9-30,13-10-30)29-37-26(16-40-29)22-4-5-22/h1-3,14-16,21-23H,4-13,17-20H2. The minimum Gasteiger partial charge on any atom is -0.448 e. The van der Waals surface area contributed by atoms with Gasteiger partial charge in [-0.1, -0.05) is 12.1 Å². The van der Waals surface area contributed by atoms with Crippen LogP contribution in [-0.4, -0.2) is 35.3 Å². The molecule has 6 nitrogen and oxygen atoms in total. The predicted molar refractivity (Wildman–Crippen MR) is 149 cm³/mol. The monoisotopic (exact) mass is 561 g/mol. The van der Waals surface area contributed by atoms with Gasteiger partial charge >= 0.3 is 0 Å². The average molecular weight is 562 g/mol. The maximum absolute atomic E-state index is 14.1. The maximum atomic E-state index is 14.1. The number of hydrogen-bond acceptors (Lipinski definition) is 6. The van der Waals surface area contributed by atoms with Gasteiger partial charge in [-0.2, -0.15) is 0 Å². The van der Waals surface area contributed by atoms with E-state index >= 15 is 0 Å². The van der Waals surface area contributed by atoms with Crippen molar-refractivity contribution in [2.24, 2.45) is 10.8 Å². The van der Waals surface area contributed by atoms with Gasteiger partial charge < -0.3 is 18.5 Å². The molecule has 6 saturated carbocycles. The minimum absolute atomic E-state index is 0.0191. The molecular weight excluding hydrogens is 524 g/mol. The van der Waals surface area contributed by atoms with Crippen LogP contribution < -0.4 is 4.90 Å². The Balaban J connectivity index is 1.06. The molecule has 9 rings (SSSR count). The second-order valence-electron chi connectivity index (χ2n) is 14.1. The molecule has 216 valence electrons. The predicted octanol–water partition coefficient (Wildman–Crippen LogP) is 7.80. The number of carbonyl (C=O) groups excluding carboxylic acids is 1. The summed E-state index contributed by atoms with van der Waals surface area (Å²) < 4.78 is 40.3. The highest BCUT2D eigenvalue weighted by Crippen LogP contribution is 2.59. The quantitative estimate of drug-likeness (QED) is 0.235. The first-order valence-electron chi connectivity index (χ1n) is 15.4.